The molecule has 1 saturated carbocycles. The van der Waals surface area contributed by atoms with Gasteiger partial charge in [0, 0.05) is 6.54 Å². The third kappa shape index (κ3) is 4.25. The Morgan fingerprint density at radius 2 is 1.68 bits per heavy atom. The van der Waals surface area contributed by atoms with Gasteiger partial charge >= 0.3 is 5.97 Å². The van der Waals surface area contributed by atoms with Crippen molar-refractivity contribution < 1.29 is 9.53 Å². The van der Waals surface area contributed by atoms with Crippen LogP contribution in [0.25, 0.3) is 0 Å². The average Bonchev–Trinajstić information content (AvgIpc) is 3.32. The number of benzene rings is 2. The van der Waals surface area contributed by atoms with Crippen LogP contribution < -0.4 is 0 Å². The molecule has 4 nitrogen and oxygen atoms in total. The molecular weight excluding hydrogens is 384 g/mol. The van der Waals surface area contributed by atoms with Crippen molar-refractivity contribution in [2.45, 2.75) is 44.1 Å². The third-order valence-electron chi connectivity index (χ3n) is 7.52. The van der Waals surface area contributed by atoms with Crippen molar-refractivity contribution in [2.75, 3.05) is 20.2 Å². The Morgan fingerprint density at radius 1 is 1.03 bits per heavy atom. The van der Waals surface area contributed by atoms with E-state index in [1.807, 2.05) is 18.2 Å². The maximum Gasteiger partial charge on any atom is 0.309 e. The molecule has 0 aromatic heterocycles. The van der Waals surface area contributed by atoms with Crippen LogP contribution in [0.1, 0.15) is 43.2 Å². The minimum absolute atomic E-state index is 0.0121. The van der Waals surface area contributed by atoms with E-state index < -0.39 is 5.41 Å². The minimum Gasteiger partial charge on any atom is -0.469 e. The summed E-state index contributed by atoms with van der Waals surface area (Å²) < 4.78 is 5.15. The fraction of sp³-hybridized carbons (Fsp3) is 0.481. The second-order valence-electron chi connectivity index (χ2n) is 9.05. The molecule has 2 aromatic carbocycles. The quantitative estimate of drug-likeness (QED) is 0.625. The molecule has 4 rings (SSSR count). The third-order valence-corrected chi connectivity index (χ3v) is 7.52. The molecule has 3 atom stereocenters. The molecule has 0 amide bonds. The van der Waals surface area contributed by atoms with E-state index in [4.69, 9.17) is 4.74 Å². The summed E-state index contributed by atoms with van der Waals surface area (Å²) in [5, 5.41) is 10.7. The predicted octanol–water partition coefficient (Wildman–Crippen LogP) is 4.95. The van der Waals surface area contributed by atoms with Crippen LogP contribution in [0.5, 0.6) is 0 Å². The Labute approximate surface area is 185 Å². The highest BCUT2D eigenvalue weighted by molar-refractivity contribution is 5.73. The van der Waals surface area contributed by atoms with Crippen LogP contribution in [-0.4, -0.2) is 31.1 Å². The molecule has 1 aliphatic heterocycles. The van der Waals surface area contributed by atoms with Gasteiger partial charge in [-0.2, -0.15) is 5.26 Å². The number of rotatable bonds is 6. The summed E-state index contributed by atoms with van der Waals surface area (Å²) in [4.78, 5) is 15.1. The minimum atomic E-state index is -0.643. The Balaban J connectivity index is 1.60. The van der Waals surface area contributed by atoms with E-state index >= 15 is 0 Å². The van der Waals surface area contributed by atoms with Crippen LogP contribution in [0.3, 0.4) is 0 Å². The lowest BCUT2D eigenvalue weighted by atomic mass is 9.58. The first-order valence-corrected chi connectivity index (χ1v) is 11.5. The number of likely N-dealkylation sites (tertiary alicyclic amines) is 1. The van der Waals surface area contributed by atoms with Gasteiger partial charge in [0.1, 0.15) is 0 Å². The summed E-state index contributed by atoms with van der Waals surface area (Å²) in [6, 6.07) is 23.6. The largest absolute Gasteiger partial charge is 0.469 e. The Morgan fingerprint density at radius 3 is 2.29 bits per heavy atom. The molecular formula is C27H32N2O2. The SMILES string of the molecule is COC(=O)[C@@H]1CCC[C@H]1C(C#N)(c1ccccc1)C1CCN(Cc2ccccc2)CC1. The van der Waals surface area contributed by atoms with Gasteiger partial charge in [-0.1, -0.05) is 67.1 Å². The fourth-order valence-electron chi connectivity index (χ4n) is 6.03. The van der Waals surface area contributed by atoms with Crippen molar-refractivity contribution in [3.8, 4) is 6.07 Å². The van der Waals surface area contributed by atoms with Crippen molar-refractivity contribution in [2.24, 2.45) is 17.8 Å². The number of carbonyl (C=O) groups excluding carboxylic acids is 1. The van der Waals surface area contributed by atoms with Gasteiger partial charge in [-0.15, -0.1) is 0 Å². The molecule has 0 spiro atoms. The van der Waals surface area contributed by atoms with E-state index in [0.29, 0.717) is 0 Å². The second kappa shape index (κ2) is 9.66. The summed E-state index contributed by atoms with van der Waals surface area (Å²) in [7, 11) is 1.47. The molecule has 2 fully saturated rings. The number of hydrogen-bond acceptors (Lipinski definition) is 4. The molecule has 2 aliphatic rings. The van der Waals surface area contributed by atoms with Crippen molar-refractivity contribution in [1.29, 1.82) is 5.26 Å². The van der Waals surface area contributed by atoms with E-state index in [-0.39, 0.29) is 23.7 Å². The first-order chi connectivity index (χ1) is 15.2. The van der Waals surface area contributed by atoms with Crippen LogP contribution in [0.15, 0.2) is 60.7 Å². The van der Waals surface area contributed by atoms with Crippen LogP contribution >= 0.6 is 0 Å². The van der Waals surface area contributed by atoms with E-state index in [1.165, 1.54) is 12.7 Å². The topological polar surface area (TPSA) is 53.3 Å². The average molecular weight is 417 g/mol. The first kappa shape index (κ1) is 21.6. The Bertz CT molecular complexity index is 900. The summed E-state index contributed by atoms with van der Waals surface area (Å²) in [6.07, 6.45) is 4.65. The van der Waals surface area contributed by atoms with Gasteiger partial charge in [0.25, 0.3) is 0 Å². The zero-order valence-corrected chi connectivity index (χ0v) is 18.4. The Kier molecular flexibility index (Phi) is 6.73. The fourth-order valence-corrected chi connectivity index (χ4v) is 6.03. The number of methoxy groups -OCH3 is 1. The second-order valence-corrected chi connectivity index (χ2v) is 9.05. The van der Waals surface area contributed by atoms with Crippen molar-refractivity contribution in [1.82, 2.24) is 4.90 Å². The zero-order valence-electron chi connectivity index (χ0n) is 18.4. The molecule has 1 saturated heterocycles. The smallest absolute Gasteiger partial charge is 0.309 e. The highest BCUT2D eigenvalue weighted by Crippen LogP contribution is 2.52. The van der Waals surface area contributed by atoms with E-state index in [0.717, 1.165) is 57.3 Å². The number of piperidine rings is 1. The van der Waals surface area contributed by atoms with Gasteiger partial charge in [-0.25, -0.2) is 0 Å². The van der Waals surface area contributed by atoms with E-state index in [9.17, 15) is 10.1 Å². The molecule has 0 radical (unpaired) electrons. The van der Waals surface area contributed by atoms with Gasteiger partial charge in [-0.05, 0) is 61.7 Å². The number of esters is 1. The molecule has 4 heteroatoms. The Hall–Kier alpha value is -2.64. The number of ether oxygens (including phenoxy) is 1. The molecule has 2 aromatic rings. The van der Waals surface area contributed by atoms with Gasteiger partial charge in [0.15, 0.2) is 0 Å². The molecule has 1 unspecified atom stereocenters. The lowest BCUT2D eigenvalue weighted by Crippen LogP contribution is -2.48. The molecule has 162 valence electrons. The van der Waals surface area contributed by atoms with Crippen LogP contribution in [0, 0.1) is 29.1 Å². The normalized spacial score (nSPS) is 24.3. The summed E-state index contributed by atoms with van der Waals surface area (Å²) in [5.41, 5.74) is 1.76. The summed E-state index contributed by atoms with van der Waals surface area (Å²) in [5.74, 6) is -0.0908. The summed E-state index contributed by atoms with van der Waals surface area (Å²) >= 11 is 0. The lowest BCUT2D eigenvalue weighted by Gasteiger charge is -2.45. The maximum atomic E-state index is 12.6. The molecule has 31 heavy (non-hydrogen) atoms. The lowest BCUT2D eigenvalue weighted by molar-refractivity contribution is -0.147. The molecule has 0 bridgehead atoms. The monoisotopic (exact) mass is 416 g/mol. The van der Waals surface area contributed by atoms with Gasteiger partial charge in [-0.3, -0.25) is 9.69 Å². The van der Waals surface area contributed by atoms with Crippen LogP contribution in [0.4, 0.5) is 0 Å². The number of carbonyl (C=O) groups is 1. The van der Waals surface area contributed by atoms with Crippen molar-refractivity contribution >= 4 is 5.97 Å². The summed E-state index contributed by atoms with van der Waals surface area (Å²) in [6.45, 7) is 2.91. The van der Waals surface area contributed by atoms with E-state index in [1.54, 1.807) is 0 Å². The van der Waals surface area contributed by atoms with Crippen molar-refractivity contribution in [3.05, 3.63) is 71.8 Å². The van der Waals surface area contributed by atoms with Gasteiger partial charge in [0.05, 0.1) is 24.5 Å². The number of hydrogen-bond donors (Lipinski definition) is 0. The van der Waals surface area contributed by atoms with Gasteiger partial charge < -0.3 is 4.74 Å². The molecule has 0 N–H and O–H groups in total. The first-order valence-electron chi connectivity index (χ1n) is 11.5. The highest BCUT2D eigenvalue weighted by atomic mass is 16.5. The van der Waals surface area contributed by atoms with E-state index in [2.05, 4.69) is 53.4 Å². The molecule has 1 aliphatic carbocycles. The zero-order chi connectivity index (χ0) is 21.7. The van der Waals surface area contributed by atoms with Crippen molar-refractivity contribution in [3.63, 3.8) is 0 Å². The van der Waals surface area contributed by atoms with Crippen LogP contribution in [0.2, 0.25) is 0 Å². The van der Waals surface area contributed by atoms with Gasteiger partial charge in [0.2, 0.25) is 0 Å². The molecule has 1 heterocycles. The van der Waals surface area contributed by atoms with Crippen LogP contribution in [-0.2, 0) is 21.5 Å². The maximum absolute atomic E-state index is 12.6. The number of nitrogens with zero attached hydrogens (tertiary/aromatic N) is 2. The highest BCUT2D eigenvalue weighted by Gasteiger charge is 2.53. The predicted molar refractivity (Wildman–Crippen MR) is 121 cm³/mol. The number of nitriles is 1. The standard InChI is InChI=1S/C27H32N2O2/c1-31-26(30)24-13-8-14-25(24)27(20-28,22-11-6-3-7-12-22)23-15-17-29(18-16-23)19-21-9-4-2-5-10-21/h2-7,9-12,23-25H,8,13-19H2,1H3/t24-,25-,27?/m1/s1.